The minimum Gasteiger partial charge on any atom is -0.462 e. The fraction of sp³-hybridized carbons (Fsp3) is 0.758. The molecule has 0 radical (unpaired) electrons. The van der Waals surface area contributed by atoms with Crippen molar-refractivity contribution in [3.8, 4) is 0 Å². The first-order valence-corrected chi connectivity index (χ1v) is 28.9. The Hall–Kier alpha value is -3.15. The molecule has 392 valence electrons. The predicted octanol–water partition coefficient (Wildman–Crippen LogP) is 19.4. The molecule has 0 N–H and O–H groups in total. The third-order valence-electron chi connectivity index (χ3n) is 12.5. The summed E-state index contributed by atoms with van der Waals surface area (Å²) in [6, 6.07) is 0. The van der Waals surface area contributed by atoms with Gasteiger partial charge in [0.15, 0.2) is 6.10 Å². The molecule has 1 unspecified atom stereocenters. The maximum Gasteiger partial charge on any atom is 0.306 e. The molecule has 0 saturated heterocycles. The zero-order valence-electron chi connectivity index (χ0n) is 44.9. The number of carbonyl (C=O) groups is 3. The minimum atomic E-state index is -0.812. The molecule has 6 nitrogen and oxygen atoms in total. The lowest BCUT2D eigenvalue weighted by Gasteiger charge is -2.18. The Morgan fingerprint density at radius 3 is 0.868 bits per heavy atom. The fourth-order valence-corrected chi connectivity index (χ4v) is 8.18. The first-order valence-electron chi connectivity index (χ1n) is 28.9. The molecule has 0 fully saturated rings. The van der Waals surface area contributed by atoms with E-state index in [1.54, 1.807) is 0 Å². The molecule has 0 spiro atoms. The van der Waals surface area contributed by atoms with Gasteiger partial charge in [0, 0.05) is 19.3 Å². The van der Waals surface area contributed by atoms with Crippen LogP contribution in [0.25, 0.3) is 0 Å². The Kier molecular flexibility index (Phi) is 53.8. The summed E-state index contributed by atoms with van der Waals surface area (Å²) in [4.78, 5) is 38.0. The molecule has 0 aliphatic heterocycles. The van der Waals surface area contributed by atoms with E-state index < -0.39 is 6.10 Å². The van der Waals surface area contributed by atoms with E-state index in [1.165, 1.54) is 161 Å². The molecule has 0 aromatic carbocycles. The average molecular weight is 950 g/mol. The van der Waals surface area contributed by atoms with Crippen molar-refractivity contribution >= 4 is 17.9 Å². The van der Waals surface area contributed by atoms with Crippen LogP contribution >= 0.6 is 0 Å². The van der Waals surface area contributed by atoms with Gasteiger partial charge in [0.25, 0.3) is 0 Å². The van der Waals surface area contributed by atoms with Crippen LogP contribution in [0.1, 0.15) is 284 Å². The third-order valence-corrected chi connectivity index (χ3v) is 12.5. The van der Waals surface area contributed by atoms with Gasteiger partial charge >= 0.3 is 17.9 Å². The molecule has 6 heteroatoms. The monoisotopic (exact) mass is 949 g/mol. The molecule has 0 aromatic rings. The number of ether oxygens (including phenoxy) is 3. The molecular weight excluding hydrogens is 841 g/mol. The van der Waals surface area contributed by atoms with E-state index in [2.05, 4.69) is 87.6 Å². The second-order valence-electron chi connectivity index (χ2n) is 19.2. The van der Waals surface area contributed by atoms with Gasteiger partial charge in [-0.15, -0.1) is 0 Å². The zero-order chi connectivity index (χ0) is 49.3. The number of esters is 3. The highest BCUT2D eigenvalue weighted by Gasteiger charge is 2.19. The number of unbranched alkanes of at least 4 members (excludes halogenated alkanes) is 29. The summed E-state index contributed by atoms with van der Waals surface area (Å²) in [5, 5.41) is 0. The van der Waals surface area contributed by atoms with E-state index >= 15 is 0 Å². The first kappa shape index (κ1) is 64.8. The van der Waals surface area contributed by atoms with Gasteiger partial charge in [0.1, 0.15) is 13.2 Å². The van der Waals surface area contributed by atoms with Crippen LogP contribution in [0.2, 0.25) is 0 Å². The lowest BCUT2D eigenvalue weighted by molar-refractivity contribution is -0.166. The normalized spacial score (nSPS) is 12.6. The van der Waals surface area contributed by atoms with Gasteiger partial charge in [-0.25, -0.2) is 0 Å². The van der Waals surface area contributed by atoms with E-state index in [-0.39, 0.29) is 37.5 Å². The smallest absolute Gasteiger partial charge is 0.306 e. The van der Waals surface area contributed by atoms with Crippen molar-refractivity contribution < 1.29 is 28.6 Å². The molecule has 0 aliphatic rings. The number of allylic oxidation sites excluding steroid dienone is 12. The quantitative estimate of drug-likeness (QED) is 0.0262. The minimum absolute atomic E-state index is 0.102. The van der Waals surface area contributed by atoms with Gasteiger partial charge in [-0.3, -0.25) is 14.4 Å². The van der Waals surface area contributed by atoms with Gasteiger partial charge < -0.3 is 14.2 Å². The van der Waals surface area contributed by atoms with Crippen LogP contribution in [-0.2, 0) is 28.6 Å². The van der Waals surface area contributed by atoms with E-state index in [9.17, 15) is 14.4 Å². The average Bonchev–Trinajstić information content (AvgIpc) is 3.34. The van der Waals surface area contributed by atoms with Crippen LogP contribution in [-0.4, -0.2) is 37.2 Å². The summed E-state index contributed by atoms with van der Waals surface area (Å²) in [7, 11) is 0. The summed E-state index contributed by atoms with van der Waals surface area (Å²) in [6.45, 7) is 6.48. The second kappa shape index (κ2) is 56.4. The molecule has 68 heavy (non-hydrogen) atoms. The molecule has 0 amide bonds. The largest absolute Gasteiger partial charge is 0.462 e. The van der Waals surface area contributed by atoms with Gasteiger partial charge in [-0.2, -0.15) is 0 Å². The third kappa shape index (κ3) is 53.8. The number of carbonyl (C=O) groups excluding carboxylic acids is 3. The highest BCUT2D eigenvalue weighted by Crippen LogP contribution is 2.16. The summed E-state index contributed by atoms with van der Waals surface area (Å²) >= 11 is 0. The Balaban J connectivity index is 4.37. The standard InChI is InChI=1S/C62H108O6/c1-4-7-10-13-16-19-22-24-26-28-30-31-33-34-36-38-40-43-46-49-52-55-61(64)67-58-59(57-66-60(63)54-51-48-45-42-21-18-15-12-9-6-3)68-62(65)56-53-50-47-44-41-39-37-35-32-29-27-25-23-20-17-14-11-8-5-2/h8,11,17,20,25,27,32,35,39,41,47,50,59H,4-7,9-10,12-16,18-19,21-24,26,28-31,33-34,36-38,40,42-46,48-49,51-58H2,1-3H3/b11-8-,20-17-,27-25-,35-32-,41-39-,50-47-. The fourth-order valence-electron chi connectivity index (χ4n) is 8.18. The van der Waals surface area contributed by atoms with Crippen LogP contribution in [0.15, 0.2) is 72.9 Å². The van der Waals surface area contributed by atoms with E-state index in [0.29, 0.717) is 19.3 Å². The van der Waals surface area contributed by atoms with Crippen LogP contribution in [0.4, 0.5) is 0 Å². The van der Waals surface area contributed by atoms with Crippen LogP contribution in [0, 0.1) is 0 Å². The Morgan fingerprint density at radius 2 is 0.574 bits per heavy atom. The molecule has 0 aliphatic carbocycles. The maximum absolute atomic E-state index is 12.8. The molecule has 0 heterocycles. The Bertz CT molecular complexity index is 1270. The van der Waals surface area contributed by atoms with Gasteiger partial charge in [-0.05, 0) is 57.8 Å². The highest BCUT2D eigenvalue weighted by molar-refractivity contribution is 5.71. The summed E-state index contributed by atoms with van der Waals surface area (Å²) in [5.74, 6) is -0.978. The molecule has 0 aromatic heterocycles. The zero-order valence-corrected chi connectivity index (χ0v) is 44.9. The lowest BCUT2D eigenvalue weighted by atomic mass is 10.0. The number of rotatable bonds is 52. The highest BCUT2D eigenvalue weighted by atomic mass is 16.6. The molecule has 0 rings (SSSR count). The van der Waals surface area contributed by atoms with Crippen molar-refractivity contribution in [2.75, 3.05) is 13.2 Å². The topological polar surface area (TPSA) is 78.9 Å². The summed E-state index contributed by atoms with van der Waals surface area (Å²) in [5.41, 5.74) is 0. The van der Waals surface area contributed by atoms with Gasteiger partial charge in [0.2, 0.25) is 0 Å². The van der Waals surface area contributed by atoms with Crippen molar-refractivity contribution in [2.24, 2.45) is 0 Å². The van der Waals surface area contributed by atoms with Crippen molar-refractivity contribution in [2.45, 2.75) is 290 Å². The summed E-state index contributed by atoms with van der Waals surface area (Å²) in [6.07, 6.45) is 72.0. The summed E-state index contributed by atoms with van der Waals surface area (Å²) < 4.78 is 16.8. The van der Waals surface area contributed by atoms with Crippen LogP contribution < -0.4 is 0 Å². The van der Waals surface area contributed by atoms with Gasteiger partial charge in [-0.1, -0.05) is 280 Å². The van der Waals surface area contributed by atoms with Crippen molar-refractivity contribution in [3.63, 3.8) is 0 Å². The van der Waals surface area contributed by atoms with E-state index in [0.717, 1.165) is 77.0 Å². The van der Waals surface area contributed by atoms with Crippen LogP contribution in [0.5, 0.6) is 0 Å². The first-order chi connectivity index (χ1) is 33.5. The molecule has 0 saturated carbocycles. The Morgan fingerprint density at radius 1 is 0.309 bits per heavy atom. The molecule has 0 bridgehead atoms. The van der Waals surface area contributed by atoms with Crippen molar-refractivity contribution in [1.82, 2.24) is 0 Å². The van der Waals surface area contributed by atoms with Gasteiger partial charge in [0.05, 0.1) is 0 Å². The number of hydrogen-bond donors (Lipinski definition) is 0. The molecule has 1 atom stereocenters. The predicted molar refractivity (Wildman–Crippen MR) is 293 cm³/mol. The SMILES string of the molecule is CC/C=C\C/C=C\C/C=C\C/C=C\C/C=C\C/C=C\CCC(=O)OC(COC(=O)CCCCCCCCCCCC)COC(=O)CCCCCCCCCCCCCCCCCCCCCCC. The lowest BCUT2D eigenvalue weighted by Crippen LogP contribution is -2.30. The van der Waals surface area contributed by atoms with Crippen LogP contribution in [0.3, 0.4) is 0 Å². The Labute approximate surface area is 421 Å². The van der Waals surface area contributed by atoms with E-state index in [4.69, 9.17) is 14.2 Å². The number of hydrogen-bond acceptors (Lipinski definition) is 6. The maximum atomic E-state index is 12.8. The van der Waals surface area contributed by atoms with Crippen molar-refractivity contribution in [1.29, 1.82) is 0 Å². The van der Waals surface area contributed by atoms with Crippen molar-refractivity contribution in [3.05, 3.63) is 72.9 Å². The van der Waals surface area contributed by atoms with E-state index in [1.807, 2.05) is 6.08 Å². The second-order valence-corrected chi connectivity index (χ2v) is 19.2. The molecular formula is C62H108O6.